The fourth-order valence-electron chi connectivity index (χ4n) is 2.09. The lowest BCUT2D eigenvalue weighted by atomic mass is 10.2. The van der Waals surface area contributed by atoms with Crippen molar-refractivity contribution in [3.05, 3.63) is 40.4 Å². The molecule has 0 saturated carbocycles. The first-order valence-electron chi connectivity index (χ1n) is 7.77. The highest BCUT2D eigenvalue weighted by Crippen LogP contribution is 2.25. The lowest BCUT2D eigenvalue weighted by Gasteiger charge is -2.15. The van der Waals surface area contributed by atoms with Crippen molar-refractivity contribution in [2.24, 2.45) is 0 Å². The molecule has 1 aromatic carbocycles. The van der Waals surface area contributed by atoms with Crippen LogP contribution >= 0.6 is 22.9 Å². The predicted octanol–water partition coefficient (Wildman–Crippen LogP) is 2.86. The fourth-order valence-corrected chi connectivity index (χ4v) is 3.92. The van der Waals surface area contributed by atoms with E-state index in [0.29, 0.717) is 30.2 Å². The van der Waals surface area contributed by atoms with E-state index in [-0.39, 0.29) is 11.7 Å². The zero-order valence-corrected chi connectivity index (χ0v) is 16.4. The summed E-state index contributed by atoms with van der Waals surface area (Å²) in [5, 5.41) is 5.79. The molecule has 0 radical (unpaired) electrons. The molecule has 1 aromatic heterocycles. The minimum atomic E-state index is -3.18. The monoisotopic (exact) mass is 401 g/mol. The van der Waals surface area contributed by atoms with Crippen molar-refractivity contribution >= 4 is 38.9 Å². The van der Waals surface area contributed by atoms with Gasteiger partial charge in [-0.15, -0.1) is 11.3 Å². The van der Waals surface area contributed by atoms with Gasteiger partial charge in [0.15, 0.2) is 0 Å². The van der Waals surface area contributed by atoms with Crippen LogP contribution in [0, 0.1) is 0 Å². The number of hydrogen-bond acceptors (Lipinski definition) is 5. The molecule has 0 saturated heterocycles. The summed E-state index contributed by atoms with van der Waals surface area (Å²) in [6, 6.07) is 7.30. The van der Waals surface area contributed by atoms with Gasteiger partial charge >= 0.3 is 0 Å². The van der Waals surface area contributed by atoms with Crippen LogP contribution in [0.15, 0.2) is 29.6 Å². The summed E-state index contributed by atoms with van der Waals surface area (Å²) in [6.07, 6.45) is 0.534. The maximum atomic E-state index is 12.1. The topological polar surface area (TPSA) is 79.4 Å². The largest absolute Gasteiger partial charge is 0.351 e. The number of amides is 1. The second-order valence-corrected chi connectivity index (χ2v) is 9.04. The maximum Gasteiger partial charge on any atom is 0.270 e. The Morgan fingerprint density at radius 3 is 2.84 bits per heavy atom. The fraction of sp³-hybridized carbons (Fsp3) is 0.375. The standard InChI is InChI=1S/C16H20ClN3O3S2/c1-3-25(22,23)20(2)9-5-8-18-15(21)14-11-24-16(19-14)12-6-4-7-13(17)10-12/h4,6-7,10-11H,3,5,8-9H2,1-2H3,(H,18,21). The third-order valence-electron chi connectivity index (χ3n) is 3.58. The zero-order chi connectivity index (χ0) is 18.4. The van der Waals surface area contributed by atoms with Gasteiger partial charge in [0.25, 0.3) is 5.91 Å². The molecule has 0 aliphatic heterocycles. The lowest BCUT2D eigenvalue weighted by molar-refractivity contribution is 0.0948. The smallest absolute Gasteiger partial charge is 0.270 e. The van der Waals surface area contributed by atoms with Crippen LogP contribution in [-0.4, -0.2) is 49.5 Å². The van der Waals surface area contributed by atoms with Gasteiger partial charge < -0.3 is 5.32 Å². The van der Waals surface area contributed by atoms with Crippen molar-refractivity contribution in [1.29, 1.82) is 0 Å². The van der Waals surface area contributed by atoms with Crippen LogP contribution in [0.1, 0.15) is 23.8 Å². The molecule has 9 heteroatoms. The van der Waals surface area contributed by atoms with Gasteiger partial charge in [-0.1, -0.05) is 23.7 Å². The van der Waals surface area contributed by atoms with E-state index in [1.165, 1.54) is 15.6 Å². The number of sulfonamides is 1. The Labute approximate surface area is 156 Å². The first-order chi connectivity index (χ1) is 11.8. The van der Waals surface area contributed by atoms with E-state index in [2.05, 4.69) is 10.3 Å². The van der Waals surface area contributed by atoms with Crippen LogP contribution in [-0.2, 0) is 10.0 Å². The minimum Gasteiger partial charge on any atom is -0.351 e. The van der Waals surface area contributed by atoms with Crippen LogP contribution in [0.2, 0.25) is 5.02 Å². The number of rotatable bonds is 8. The quantitative estimate of drug-likeness (QED) is 0.690. The first-order valence-corrected chi connectivity index (χ1v) is 10.6. The number of nitrogens with one attached hydrogen (secondary N) is 1. The number of halogens is 1. The highest BCUT2D eigenvalue weighted by atomic mass is 35.5. The van der Waals surface area contributed by atoms with Crippen LogP contribution in [0.25, 0.3) is 10.6 Å². The number of carbonyl (C=O) groups excluding carboxylic acids is 1. The van der Waals surface area contributed by atoms with Gasteiger partial charge in [0.1, 0.15) is 10.7 Å². The van der Waals surface area contributed by atoms with Gasteiger partial charge in [-0.25, -0.2) is 17.7 Å². The van der Waals surface area contributed by atoms with Crippen LogP contribution < -0.4 is 5.32 Å². The van der Waals surface area contributed by atoms with Crippen molar-refractivity contribution in [3.8, 4) is 10.6 Å². The van der Waals surface area contributed by atoms with Gasteiger partial charge in [0.2, 0.25) is 10.0 Å². The van der Waals surface area contributed by atoms with Crippen molar-refractivity contribution in [3.63, 3.8) is 0 Å². The van der Waals surface area contributed by atoms with E-state index >= 15 is 0 Å². The third kappa shape index (κ3) is 5.50. The number of benzene rings is 1. The lowest BCUT2D eigenvalue weighted by Crippen LogP contribution is -2.32. The SMILES string of the molecule is CCS(=O)(=O)N(C)CCCNC(=O)c1csc(-c2cccc(Cl)c2)n1. The van der Waals surface area contributed by atoms with Gasteiger partial charge in [-0.2, -0.15) is 0 Å². The Balaban J connectivity index is 1.86. The predicted molar refractivity (Wildman–Crippen MR) is 102 cm³/mol. The number of hydrogen-bond donors (Lipinski definition) is 1. The Bertz CT molecular complexity index is 837. The van der Waals surface area contributed by atoms with E-state index < -0.39 is 10.0 Å². The molecule has 0 aliphatic rings. The number of aromatic nitrogens is 1. The maximum absolute atomic E-state index is 12.1. The molecule has 2 aromatic rings. The molecule has 25 heavy (non-hydrogen) atoms. The summed E-state index contributed by atoms with van der Waals surface area (Å²) in [5.41, 5.74) is 1.21. The second kappa shape index (κ2) is 8.75. The molecule has 1 amide bonds. The molecule has 0 fully saturated rings. The highest BCUT2D eigenvalue weighted by Gasteiger charge is 2.15. The Morgan fingerprint density at radius 1 is 1.40 bits per heavy atom. The summed E-state index contributed by atoms with van der Waals surface area (Å²) < 4.78 is 24.6. The molecule has 0 unspecified atom stereocenters. The van der Waals surface area contributed by atoms with Crippen molar-refractivity contribution in [2.45, 2.75) is 13.3 Å². The molecule has 6 nitrogen and oxygen atoms in total. The van der Waals surface area contributed by atoms with E-state index in [1.807, 2.05) is 12.1 Å². The number of carbonyl (C=O) groups is 1. The molecule has 0 spiro atoms. The van der Waals surface area contributed by atoms with Gasteiger partial charge in [0, 0.05) is 36.1 Å². The molecular weight excluding hydrogens is 382 g/mol. The normalized spacial score (nSPS) is 11.7. The molecule has 0 bridgehead atoms. The summed E-state index contributed by atoms with van der Waals surface area (Å²) in [6.45, 7) is 2.35. The molecule has 136 valence electrons. The average molecular weight is 402 g/mol. The average Bonchev–Trinajstić information content (AvgIpc) is 3.08. The summed E-state index contributed by atoms with van der Waals surface area (Å²) in [7, 11) is -1.64. The Kier molecular flexibility index (Phi) is 6.95. The van der Waals surface area contributed by atoms with Gasteiger partial charge in [-0.3, -0.25) is 4.79 Å². The minimum absolute atomic E-state index is 0.0704. The van der Waals surface area contributed by atoms with Crippen molar-refractivity contribution < 1.29 is 13.2 Å². The van der Waals surface area contributed by atoms with Gasteiger partial charge in [0.05, 0.1) is 5.75 Å². The van der Waals surface area contributed by atoms with E-state index in [9.17, 15) is 13.2 Å². The molecule has 0 aliphatic carbocycles. The first kappa shape index (κ1) is 19.8. The van der Waals surface area contributed by atoms with E-state index in [1.54, 1.807) is 31.5 Å². The van der Waals surface area contributed by atoms with Gasteiger partial charge in [-0.05, 0) is 25.5 Å². The number of thiazole rings is 1. The van der Waals surface area contributed by atoms with Crippen molar-refractivity contribution in [2.75, 3.05) is 25.9 Å². The summed E-state index contributed by atoms with van der Waals surface area (Å²) >= 11 is 7.34. The second-order valence-electron chi connectivity index (χ2n) is 5.38. The summed E-state index contributed by atoms with van der Waals surface area (Å²) in [4.78, 5) is 16.5. The third-order valence-corrected chi connectivity index (χ3v) is 6.57. The zero-order valence-electron chi connectivity index (χ0n) is 14.0. The van der Waals surface area contributed by atoms with E-state index in [0.717, 1.165) is 10.6 Å². The van der Waals surface area contributed by atoms with E-state index in [4.69, 9.17) is 11.6 Å². The molecule has 0 atom stereocenters. The highest BCUT2D eigenvalue weighted by molar-refractivity contribution is 7.89. The number of nitrogens with zero attached hydrogens (tertiary/aromatic N) is 2. The molecule has 1 N–H and O–H groups in total. The summed E-state index contributed by atoms with van der Waals surface area (Å²) in [5.74, 6) is -0.202. The van der Waals surface area contributed by atoms with Crippen LogP contribution in [0.3, 0.4) is 0 Å². The van der Waals surface area contributed by atoms with Crippen LogP contribution in [0.5, 0.6) is 0 Å². The Morgan fingerprint density at radius 2 is 2.16 bits per heavy atom. The van der Waals surface area contributed by atoms with Crippen molar-refractivity contribution in [1.82, 2.24) is 14.6 Å². The Hall–Kier alpha value is -1.48. The molecular formula is C16H20ClN3O3S2. The molecule has 2 rings (SSSR count). The van der Waals surface area contributed by atoms with Crippen LogP contribution in [0.4, 0.5) is 0 Å². The molecule has 1 heterocycles.